The van der Waals surface area contributed by atoms with Crippen LogP contribution < -0.4 is 4.73 Å². The summed E-state index contributed by atoms with van der Waals surface area (Å²) in [6.45, 7) is 4.76. The fraction of sp³-hybridized carbons (Fsp3) is 0.333. The minimum atomic E-state index is -3.58. The Kier molecular flexibility index (Phi) is 4.97. The predicted octanol–water partition coefficient (Wildman–Crippen LogP) is 1.08. The van der Waals surface area contributed by atoms with Crippen LogP contribution in [0.1, 0.15) is 21.5 Å². The minimum absolute atomic E-state index is 0.200. The molecular weight excluding hydrogens is 354 g/mol. The number of sulfonamides is 1. The highest BCUT2D eigenvalue weighted by Gasteiger charge is 2.31. The predicted molar refractivity (Wildman–Crippen MR) is 96.0 cm³/mol. The third-order valence-electron chi connectivity index (χ3n) is 4.54. The van der Waals surface area contributed by atoms with Gasteiger partial charge in [0.15, 0.2) is 12.4 Å². The number of aryl methyl sites for hydroxylation is 2. The van der Waals surface area contributed by atoms with Crippen molar-refractivity contribution in [3.05, 3.63) is 64.6 Å². The molecule has 26 heavy (non-hydrogen) atoms. The minimum Gasteiger partial charge on any atom is -0.619 e. The summed E-state index contributed by atoms with van der Waals surface area (Å²) in [6, 6.07) is 8.31. The van der Waals surface area contributed by atoms with Gasteiger partial charge in [-0.3, -0.25) is 4.79 Å². The maximum Gasteiger partial charge on any atom is 0.254 e. The highest BCUT2D eigenvalue weighted by Crippen LogP contribution is 2.22. The molecule has 0 unspecified atom stereocenters. The smallest absolute Gasteiger partial charge is 0.254 e. The molecule has 0 atom stereocenters. The van der Waals surface area contributed by atoms with Crippen LogP contribution in [0, 0.1) is 19.1 Å². The van der Waals surface area contributed by atoms with E-state index >= 15 is 0 Å². The van der Waals surface area contributed by atoms with E-state index in [1.165, 1.54) is 28.8 Å². The second-order valence-corrected chi connectivity index (χ2v) is 8.32. The molecule has 0 spiro atoms. The van der Waals surface area contributed by atoms with Crippen LogP contribution in [0.5, 0.6) is 0 Å². The van der Waals surface area contributed by atoms with Crippen LogP contribution in [-0.4, -0.2) is 49.7 Å². The van der Waals surface area contributed by atoms with Crippen molar-refractivity contribution in [3.8, 4) is 0 Å². The maximum atomic E-state index is 12.9. The van der Waals surface area contributed by atoms with Crippen LogP contribution in [0.15, 0.2) is 47.6 Å². The number of rotatable bonds is 3. The van der Waals surface area contributed by atoms with Crippen molar-refractivity contribution in [3.63, 3.8) is 0 Å². The van der Waals surface area contributed by atoms with Crippen LogP contribution >= 0.6 is 0 Å². The molecule has 7 nitrogen and oxygen atoms in total. The summed E-state index contributed by atoms with van der Waals surface area (Å²) in [5.74, 6) is -0.200. The van der Waals surface area contributed by atoms with Gasteiger partial charge in [-0.1, -0.05) is 12.1 Å². The van der Waals surface area contributed by atoms with Gasteiger partial charge in [-0.15, -0.1) is 0 Å². The fourth-order valence-electron chi connectivity index (χ4n) is 2.99. The summed E-state index contributed by atoms with van der Waals surface area (Å²) in [4.78, 5) is 14.4. The molecule has 0 aliphatic carbocycles. The first-order valence-electron chi connectivity index (χ1n) is 8.34. The van der Waals surface area contributed by atoms with Gasteiger partial charge in [0, 0.05) is 38.3 Å². The number of piperazine rings is 1. The Bertz CT molecular complexity index is 918. The van der Waals surface area contributed by atoms with Crippen molar-refractivity contribution < 1.29 is 17.9 Å². The zero-order valence-corrected chi connectivity index (χ0v) is 15.6. The largest absolute Gasteiger partial charge is 0.619 e. The number of aromatic nitrogens is 1. The normalized spacial score (nSPS) is 15.8. The topological polar surface area (TPSA) is 84.6 Å². The van der Waals surface area contributed by atoms with E-state index in [1.54, 1.807) is 24.0 Å². The number of amides is 1. The van der Waals surface area contributed by atoms with Gasteiger partial charge in [-0.05, 0) is 31.0 Å². The third-order valence-corrected chi connectivity index (χ3v) is 6.58. The molecule has 1 aliphatic heterocycles. The van der Waals surface area contributed by atoms with Crippen molar-refractivity contribution in [1.82, 2.24) is 9.21 Å². The van der Waals surface area contributed by atoms with E-state index in [0.29, 0.717) is 33.8 Å². The van der Waals surface area contributed by atoms with E-state index in [4.69, 9.17) is 0 Å². The molecule has 1 saturated heterocycles. The summed E-state index contributed by atoms with van der Waals surface area (Å²) >= 11 is 0. The van der Waals surface area contributed by atoms with Gasteiger partial charge in [0.05, 0.1) is 10.5 Å². The first-order valence-corrected chi connectivity index (χ1v) is 9.78. The lowest BCUT2D eigenvalue weighted by atomic mass is 10.2. The standard InChI is InChI=1S/C18H21N3O4S/c1-14-3-4-15(2)17(13-14)26(24,25)21-11-9-19(10-12-21)18(22)16-5-7-20(23)8-6-16/h3-8,13H,9-12H2,1-2H3. The van der Waals surface area contributed by atoms with Crippen LogP contribution in [0.4, 0.5) is 0 Å². The Morgan fingerprint density at radius 3 is 2.27 bits per heavy atom. The molecule has 1 aromatic heterocycles. The van der Waals surface area contributed by atoms with E-state index in [1.807, 2.05) is 13.0 Å². The Morgan fingerprint density at radius 1 is 1.04 bits per heavy atom. The van der Waals surface area contributed by atoms with Crippen molar-refractivity contribution in [1.29, 1.82) is 0 Å². The Balaban J connectivity index is 1.72. The molecule has 8 heteroatoms. The molecule has 0 N–H and O–H groups in total. The summed E-state index contributed by atoms with van der Waals surface area (Å²) < 4.78 is 27.9. The van der Waals surface area contributed by atoms with E-state index in [-0.39, 0.29) is 19.0 Å². The lowest BCUT2D eigenvalue weighted by molar-refractivity contribution is -0.605. The van der Waals surface area contributed by atoms with Gasteiger partial charge in [0.1, 0.15) is 0 Å². The summed E-state index contributed by atoms with van der Waals surface area (Å²) in [5.41, 5.74) is 2.02. The second kappa shape index (κ2) is 7.05. The molecule has 1 aliphatic rings. The number of pyridine rings is 1. The van der Waals surface area contributed by atoms with Crippen LogP contribution in [0.2, 0.25) is 0 Å². The average molecular weight is 375 g/mol. The summed E-state index contributed by atoms with van der Waals surface area (Å²) in [6.07, 6.45) is 2.54. The monoisotopic (exact) mass is 375 g/mol. The van der Waals surface area contributed by atoms with Gasteiger partial charge in [-0.25, -0.2) is 8.42 Å². The molecule has 2 heterocycles. The van der Waals surface area contributed by atoms with Gasteiger partial charge >= 0.3 is 0 Å². The van der Waals surface area contributed by atoms with E-state index in [2.05, 4.69) is 0 Å². The maximum absolute atomic E-state index is 12.9. The quantitative estimate of drug-likeness (QED) is 0.594. The molecular formula is C18H21N3O4S. The molecule has 1 fully saturated rings. The first kappa shape index (κ1) is 18.3. The SMILES string of the molecule is Cc1ccc(C)c(S(=O)(=O)N2CCN(C(=O)c3cc[n+]([O-])cc3)CC2)c1. The van der Waals surface area contributed by atoms with Gasteiger partial charge in [0.25, 0.3) is 5.91 Å². The van der Waals surface area contributed by atoms with Crippen molar-refractivity contribution in [2.75, 3.05) is 26.2 Å². The summed E-state index contributed by atoms with van der Waals surface area (Å²) in [5, 5.41) is 11.1. The molecule has 3 rings (SSSR count). The number of benzene rings is 1. The zero-order valence-electron chi connectivity index (χ0n) is 14.8. The van der Waals surface area contributed by atoms with Gasteiger partial charge in [-0.2, -0.15) is 9.04 Å². The van der Waals surface area contributed by atoms with Crippen molar-refractivity contribution >= 4 is 15.9 Å². The van der Waals surface area contributed by atoms with Gasteiger partial charge < -0.3 is 10.1 Å². The Morgan fingerprint density at radius 2 is 1.65 bits per heavy atom. The molecule has 1 amide bonds. The number of carbonyl (C=O) groups is 1. The Labute approximate surface area is 153 Å². The Hall–Kier alpha value is -2.45. The number of hydrogen-bond donors (Lipinski definition) is 0. The van der Waals surface area contributed by atoms with E-state index in [0.717, 1.165) is 5.56 Å². The second-order valence-electron chi connectivity index (χ2n) is 6.41. The third kappa shape index (κ3) is 3.56. The molecule has 138 valence electrons. The molecule has 1 aromatic carbocycles. The van der Waals surface area contributed by atoms with E-state index in [9.17, 15) is 18.4 Å². The summed E-state index contributed by atoms with van der Waals surface area (Å²) in [7, 11) is -3.58. The van der Waals surface area contributed by atoms with Crippen LogP contribution in [0.25, 0.3) is 0 Å². The number of carbonyl (C=O) groups excluding carboxylic acids is 1. The molecule has 2 aromatic rings. The zero-order chi connectivity index (χ0) is 18.9. The molecule has 0 radical (unpaired) electrons. The van der Waals surface area contributed by atoms with Crippen molar-refractivity contribution in [2.45, 2.75) is 18.7 Å². The van der Waals surface area contributed by atoms with E-state index < -0.39 is 10.0 Å². The number of hydrogen-bond acceptors (Lipinski definition) is 4. The lowest BCUT2D eigenvalue weighted by Crippen LogP contribution is -2.50. The lowest BCUT2D eigenvalue weighted by Gasteiger charge is -2.34. The van der Waals surface area contributed by atoms with Gasteiger partial charge in [0.2, 0.25) is 10.0 Å². The average Bonchev–Trinajstić information content (AvgIpc) is 2.64. The highest BCUT2D eigenvalue weighted by molar-refractivity contribution is 7.89. The van der Waals surface area contributed by atoms with Crippen molar-refractivity contribution in [2.24, 2.45) is 0 Å². The highest BCUT2D eigenvalue weighted by atomic mass is 32.2. The first-order chi connectivity index (χ1) is 12.3. The van der Waals surface area contributed by atoms with Crippen LogP contribution in [-0.2, 0) is 10.0 Å². The molecule has 0 saturated carbocycles. The fourth-order valence-corrected chi connectivity index (χ4v) is 4.73. The van der Waals surface area contributed by atoms with Crippen LogP contribution in [0.3, 0.4) is 0 Å². The molecule has 0 bridgehead atoms. The number of nitrogens with zero attached hydrogens (tertiary/aromatic N) is 3.